The van der Waals surface area contributed by atoms with E-state index in [2.05, 4.69) is 21.7 Å². The van der Waals surface area contributed by atoms with E-state index in [-0.39, 0.29) is 5.69 Å². The molecule has 0 radical (unpaired) electrons. The summed E-state index contributed by atoms with van der Waals surface area (Å²) >= 11 is 1.70. The van der Waals surface area contributed by atoms with Gasteiger partial charge in [-0.25, -0.2) is 4.98 Å². The minimum Gasteiger partial charge on any atom is -0.370 e. The van der Waals surface area contributed by atoms with Crippen molar-refractivity contribution in [3.63, 3.8) is 0 Å². The van der Waals surface area contributed by atoms with E-state index in [1.54, 1.807) is 11.3 Å². The predicted octanol–water partition coefficient (Wildman–Crippen LogP) is 3.14. The molecule has 0 aliphatic carbocycles. The second-order valence-corrected chi connectivity index (χ2v) is 5.17. The molecule has 2 heterocycles. The molecule has 0 amide bonds. The van der Waals surface area contributed by atoms with E-state index < -0.39 is 4.92 Å². The highest BCUT2D eigenvalue weighted by atomic mass is 32.1. The van der Waals surface area contributed by atoms with Gasteiger partial charge >= 0.3 is 0 Å². The first-order valence-corrected chi connectivity index (χ1v) is 7.23. The van der Waals surface area contributed by atoms with Crippen LogP contribution in [0.5, 0.6) is 0 Å². The molecule has 0 saturated heterocycles. The Labute approximate surface area is 121 Å². The molecule has 2 N–H and O–H groups in total. The topological polar surface area (TPSA) is 80.1 Å². The van der Waals surface area contributed by atoms with Crippen molar-refractivity contribution in [2.75, 3.05) is 23.7 Å². The number of nitrogens with one attached hydrogen (secondary N) is 2. The van der Waals surface area contributed by atoms with Crippen LogP contribution in [0.4, 0.5) is 17.3 Å². The van der Waals surface area contributed by atoms with Crippen molar-refractivity contribution in [1.82, 2.24) is 4.98 Å². The van der Waals surface area contributed by atoms with E-state index in [0.717, 1.165) is 6.42 Å². The molecule has 106 valence electrons. The van der Waals surface area contributed by atoms with Crippen LogP contribution in [0.2, 0.25) is 0 Å². The Bertz CT molecular complexity index is 572. The maximum atomic E-state index is 10.9. The van der Waals surface area contributed by atoms with Gasteiger partial charge in [-0.05, 0) is 24.8 Å². The van der Waals surface area contributed by atoms with Crippen LogP contribution < -0.4 is 10.6 Å². The lowest BCUT2D eigenvalue weighted by Crippen LogP contribution is -2.08. The fourth-order valence-corrected chi connectivity index (χ4v) is 2.46. The third-order valence-corrected chi connectivity index (χ3v) is 3.57. The highest BCUT2D eigenvalue weighted by molar-refractivity contribution is 7.09. The van der Waals surface area contributed by atoms with Crippen LogP contribution in [0.15, 0.2) is 29.6 Å². The molecule has 0 atom stereocenters. The van der Waals surface area contributed by atoms with Crippen LogP contribution in [-0.2, 0) is 6.42 Å². The molecular formula is C13H16N4O2S. The lowest BCUT2D eigenvalue weighted by Gasteiger charge is -2.08. The molecule has 2 aromatic heterocycles. The van der Waals surface area contributed by atoms with Gasteiger partial charge in [-0.15, -0.1) is 11.3 Å². The quantitative estimate of drug-likeness (QED) is 0.605. The zero-order chi connectivity index (χ0) is 14.4. The number of nitro groups is 1. The number of rotatable bonds is 7. The smallest absolute Gasteiger partial charge is 0.276 e. The van der Waals surface area contributed by atoms with Gasteiger partial charge in [0.1, 0.15) is 11.6 Å². The second-order valence-electron chi connectivity index (χ2n) is 4.14. The Kier molecular flexibility index (Phi) is 4.89. The van der Waals surface area contributed by atoms with Crippen molar-refractivity contribution in [3.05, 3.63) is 44.6 Å². The number of anilines is 2. The summed E-state index contributed by atoms with van der Waals surface area (Å²) in [5.41, 5.74) is 0.0366. The van der Waals surface area contributed by atoms with Crippen LogP contribution in [0.25, 0.3) is 0 Å². The first-order valence-electron chi connectivity index (χ1n) is 6.35. The third kappa shape index (κ3) is 3.92. The molecule has 0 unspecified atom stereocenters. The molecule has 0 bridgehead atoms. The minimum atomic E-state index is -0.410. The minimum absolute atomic E-state index is 0.0366. The molecule has 0 spiro atoms. The average molecular weight is 292 g/mol. The Hall–Kier alpha value is -2.15. The van der Waals surface area contributed by atoms with Gasteiger partial charge in [-0.1, -0.05) is 6.07 Å². The van der Waals surface area contributed by atoms with Gasteiger partial charge in [0.05, 0.1) is 17.1 Å². The standard InChI is InChI=1S/C13H16N4O2S/c1-2-14-12-8-10(17(18)19)9-13(16-12)15-6-5-11-4-3-7-20-11/h3-4,7-9H,2,5-6H2,1H3,(H2,14,15,16). The fraction of sp³-hybridized carbons (Fsp3) is 0.308. The van der Waals surface area contributed by atoms with Crippen molar-refractivity contribution in [1.29, 1.82) is 0 Å². The van der Waals surface area contributed by atoms with Crippen LogP contribution in [0.3, 0.4) is 0 Å². The number of pyridine rings is 1. The van der Waals surface area contributed by atoms with Crippen LogP contribution in [-0.4, -0.2) is 23.0 Å². The van der Waals surface area contributed by atoms with E-state index >= 15 is 0 Å². The van der Waals surface area contributed by atoms with Crippen LogP contribution in [0.1, 0.15) is 11.8 Å². The third-order valence-electron chi connectivity index (χ3n) is 2.64. The summed E-state index contributed by atoms with van der Waals surface area (Å²) in [6.45, 7) is 3.29. The summed E-state index contributed by atoms with van der Waals surface area (Å²) in [6, 6.07) is 6.97. The number of hydrogen-bond donors (Lipinski definition) is 2. The molecule has 2 aromatic rings. The molecule has 0 aliphatic rings. The normalized spacial score (nSPS) is 10.2. The summed E-state index contributed by atoms with van der Waals surface area (Å²) in [6.07, 6.45) is 0.874. The monoisotopic (exact) mass is 292 g/mol. The second kappa shape index (κ2) is 6.85. The van der Waals surface area contributed by atoms with Gasteiger partial charge < -0.3 is 10.6 Å². The molecule has 0 aliphatic heterocycles. The predicted molar refractivity (Wildman–Crippen MR) is 81.6 cm³/mol. The van der Waals surface area contributed by atoms with Gasteiger partial charge in [0.25, 0.3) is 5.69 Å². The maximum Gasteiger partial charge on any atom is 0.276 e. The molecule has 6 nitrogen and oxygen atoms in total. The van der Waals surface area contributed by atoms with Crippen LogP contribution >= 0.6 is 11.3 Å². The zero-order valence-corrected chi connectivity index (χ0v) is 11.9. The summed E-state index contributed by atoms with van der Waals surface area (Å²) in [4.78, 5) is 16.1. The zero-order valence-electron chi connectivity index (χ0n) is 11.1. The maximum absolute atomic E-state index is 10.9. The van der Waals surface area contributed by atoms with E-state index in [0.29, 0.717) is 24.7 Å². The Balaban J connectivity index is 2.03. The SMILES string of the molecule is CCNc1cc([N+](=O)[O-])cc(NCCc2cccs2)n1. The molecule has 0 saturated carbocycles. The first kappa shape index (κ1) is 14.3. The summed E-state index contributed by atoms with van der Waals surface area (Å²) in [7, 11) is 0. The van der Waals surface area contributed by atoms with Crippen molar-refractivity contribution < 1.29 is 4.92 Å². The number of aromatic nitrogens is 1. The van der Waals surface area contributed by atoms with E-state index in [9.17, 15) is 10.1 Å². The molecule has 2 rings (SSSR count). The molecule has 0 fully saturated rings. The highest BCUT2D eigenvalue weighted by Gasteiger charge is 2.10. The van der Waals surface area contributed by atoms with Gasteiger partial charge in [-0.3, -0.25) is 10.1 Å². The van der Waals surface area contributed by atoms with Crippen molar-refractivity contribution in [2.24, 2.45) is 0 Å². The number of hydrogen-bond acceptors (Lipinski definition) is 6. The Morgan fingerprint density at radius 1 is 1.35 bits per heavy atom. The Morgan fingerprint density at radius 2 is 2.10 bits per heavy atom. The van der Waals surface area contributed by atoms with Gasteiger partial charge in [0, 0.05) is 18.0 Å². The largest absolute Gasteiger partial charge is 0.370 e. The number of nitrogens with zero attached hydrogens (tertiary/aromatic N) is 2. The highest BCUT2D eigenvalue weighted by Crippen LogP contribution is 2.20. The van der Waals surface area contributed by atoms with Gasteiger partial charge in [-0.2, -0.15) is 0 Å². The summed E-state index contributed by atoms with van der Waals surface area (Å²) in [5, 5.41) is 19.0. The van der Waals surface area contributed by atoms with E-state index in [1.165, 1.54) is 17.0 Å². The lowest BCUT2D eigenvalue weighted by atomic mass is 10.3. The van der Waals surface area contributed by atoms with E-state index in [4.69, 9.17) is 0 Å². The average Bonchev–Trinajstić information content (AvgIpc) is 2.92. The molecule has 20 heavy (non-hydrogen) atoms. The lowest BCUT2D eigenvalue weighted by molar-refractivity contribution is -0.384. The summed E-state index contributed by atoms with van der Waals surface area (Å²) in [5.74, 6) is 1.03. The van der Waals surface area contributed by atoms with Crippen molar-refractivity contribution >= 4 is 28.7 Å². The number of thiophene rings is 1. The fourth-order valence-electron chi connectivity index (χ4n) is 1.75. The molecule has 7 heteroatoms. The van der Waals surface area contributed by atoms with Crippen molar-refractivity contribution in [3.8, 4) is 0 Å². The van der Waals surface area contributed by atoms with Gasteiger partial charge in [0.2, 0.25) is 0 Å². The van der Waals surface area contributed by atoms with E-state index in [1.807, 2.05) is 18.4 Å². The summed E-state index contributed by atoms with van der Waals surface area (Å²) < 4.78 is 0. The first-order chi connectivity index (χ1) is 9.69. The van der Waals surface area contributed by atoms with Crippen LogP contribution in [0, 0.1) is 10.1 Å². The molecule has 0 aromatic carbocycles. The van der Waals surface area contributed by atoms with Gasteiger partial charge in [0.15, 0.2) is 0 Å². The Morgan fingerprint density at radius 3 is 2.70 bits per heavy atom. The van der Waals surface area contributed by atoms with Crippen molar-refractivity contribution in [2.45, 2.75) is 13.3 Å². The molecular weight excluding hydrogens is 276 g/mol.